The summed E-state index contributed by atoms with van der Waals surface area (Å²) in [7, 11) is 0. The molecule has 1 saturated heterocycles. The van der Waals surface area contributed by atoms with Crippen LogP contribution in [0.4, 0.5) is 5.82 Å². The van der Waals surface area contributed by atoms with Crippen molar-refractivity contribution < 1.29 is 9.90 Å². The molecule has 0 bridgehead atoms. The molecule has 1 aliphatic carbocycles. The fourth-order valence-electron chi connectivity index (χ4n) is 3.14. The van der Waals surface area contributed by atoms with E-state index in [0.29, 0.717) is 44.2 Å². The molecule has 1 saturated carbocycles. The van der Waals surface area contributed by atoms with E-state index in [1.807, 2.05) is 11.8 Å². The summed E-state index contributed by atoms with van der Waals surface area (Å²) in [6, 6.07) is 0.331. The minimum atomic E-state index is -0.721. The lowest BCUT2D eigenvalue weighted by atomic mass is 9.76. The zero-order valence-corrected chi connectivity index (χ0v) is 12.3. The third-order valence-corrected chi connectivity index (χ3v) is 4.94. The van der Waals surface area contributed by atoms with E-state index in [2.05, 4.69) is 4.98 Å². The number of anilines is 1. The first-order valence-electron chi connectivity index (χ1n) is 7.63. The van der Waals surface area contributed by atoms with Gasteiger partial charge in [-0.15, -0.1) is 0 Å². The Morgan fingerprint density at radius 3 is 2.62 bits per heavy atom. The first-order chi connectivity index (χ1) is 10.1. The van der Waals surface area contributed by atoms with E-state index in [-0.39, 0.29) is 5.56 Å². The molecule has 0 unspecified atom stereocenters. The Bertz CT molecular complexity index is 598. The molecule has 0 atom stereocenters. The van der Waals surface area contributed by atoms with Crippen LogP contribution in [-0.4, -0.2) is 33.7 Å². The molecular weight excluding hydrogens is 270 g/mol. The van der Waals surface area contributed by atoms with Crippen LogP contribution in [0.15, 0.2) is 17.2 Å². The lowest BCUT2D eigenvalue weighted by molar-refractivity contribution is -0.150. The summed E-state index contributed by atoms with van der Waals surface area (Å²) in [5.41, 5.74) is -0.680. The highest BCUT2D eigenvalue weighted by molar-refractivity contribution is 5.75. The Labute approximate surface area is 123 Å². The molecule has 1 aromatic heterocycles. The molecule has 2 fully saturated rings. The number of rotatable bonds is 4. The number of carbonyl (C=O) groups is 1. The molecule has 114 valence electrons. The van der Waals surface area contributed by atoms with Crippen molar-refractivity contribution in [1.29, 1.82) is 0 Å². The van der Waals surface area contributed by atoms with Crippen molar-refractivity contribution in [2.45, 2.75) is 45.1 Å². The maximum absolute atomic E-state index is 12.5. The predicted molar refractivity (Wildman–Crippen MR) is 78.6 cm³/mol. The molecule has 2 heterocycles. The monoisotopic (exact) mass is 291 g/mol. The molecule has 0 amide bonds. The van der Waals surface area contributed by atoms with Gasteiger partial charge in [-0.05, 0) is 32.1 Å². The topological polar surface area (TPSA) is 75.4 Å². The van der Waals surface area contributed by atoms with Gasteiger partial charge in [-0.1, -0.05) is 6.92 Å². The Morgan fingerprint density at radius 1 is 1.43 bits per heavy atom. The van der Waals surface area contributed by atoms with Gasteiger partial charge in [0.05, 0.1) is 5.41 Å². The summed E-state index contributed by atoms with van der Waals surface area (Å²) in [5, 5.41) is 9.43. The smallest absolute Gasteiger partial charge is 0.309 e. The Hall–Kier alpha value is -1.85. The average Bonchev–Trinajstić information content (AvgIpc) is 3.32. The van der Waals surface area contributed by atoms with Crippen molar-refractivity contribution in [1.82, 2.24) is 9.55 Å². The molecular formula is C15H21N3O3. The van der Waals surface area contributed by atoms with Gasteiger partial charge in [-0.3, -0.25) is 9.59 Å². The maximum atomic E-state index is 12.5. The van der Waals surface area contributed by atoms with Crippen molar-refractivity contribution in [2.75, 3.05) is 18.0 Å². The number of aromatic nitrogens is 2. The second-order valence-corrected chi connectivity index (χ2v) is 6.12. The average molecular weight is 291 g/mol. The Morgan fingerprint density at radius 2 is 2.10 bits per heavy atom. The minimum absolute atomic E-state index is 0.0423. The second-order valence-electron chi connectivity index (χ2n) is 6.12. The number of aliphatic carboxylic acids is 1. The van der Waals surface area contributed by atoms with Crippen molar-refractivity contribution in [3.63, 3.8) is 0 Å². The number of hydrogen-bond acceptors (Lipinski definition) is 4. The van der Waals surface area contributed by atoms with E-state index in [9.17, 15) is 14.7 Å². The van der Waals surface area contributed by atoms with Gasteiger partial charge in [0.15, 0.2) is 5.82 Å². The van der Waals surface area contributed by atoms with Crippen molar-refractivity contribution in [3.8, 4) is 0 Å². The molecule has 2 aliphatic rings. The molecule has 3 rings (SSSR count). The van der Waals surface area contributed by atoms with Gasteiger partial charge in [0.2, 0.25) is 0 Å². The van der Waals surface area contributed by atoms with Crippen LogP contribution in [-0.2, 0) is 4.79 Å². The standard InChI is InChI=1S/C15H21N3O3/c1-2-15(14(20)21)5-8-17(9-6-15)12-13(19)18(10-7-16-12)11-3-4-11/h7,10-11H,2-6,8-9H2,1H3,(H,20,21). The first kappa shape index (κ1) is 14.1. The third-order valence-electron chi connectivity index (χ3n) is 4.94. The van der Waals surface area contributed by atoms with E-state index < -0.39 is 11.4 Å². The number of hydrogen-bond donors (Lipinski definition) is 1. The molecule has 0 radical (unpaired) electrons. The molecule has 21 heavy (non-hydrogen) atoms. The van der Waals surface area contributed by atoms with Crippen molar-refractivity contribution in [2.24, 2.45) is 5.41 Å². The van der Waals surface area contributed by atoms with E-state index in [1.54, 1.807) is 17.0 Å². The van der Waals surface area contributed by atoms with Crippen LogP contribution in [0, 0.1) is 5.41 Å². The van der Waals surface area contributed by atoms with Crippen LogP contribution in [0.3, 0.4) is 0 Å². The largest absolute Gasteiger partial charge is 0.481 e. The number of piperidine rings is 1. The summed E-state index contributed by atoms with van der Waals surface area (Å²) in [4.78, 5) is 30.1. The van der Waals surface area contributed by atoms with Gasteiger partial charge < -0.3 is 14.6 Å². The number of carboxylic acid groups (broad SMARTS) is 1. The normalized spacial score (nSPS) is 21.3. The molecule has 6 heteroatoms. The van der Waals surface area contributed by atoms with Crippen LogP contribution < -0.4 is 10.5 Å². The number of nitrogens with zero attached hydrogens (tertiary/aromatic N) is 3. The molecule has 6 nitrogen and oxygen atoms in total. The first-order valence-corrected chi connectivity index (χ1v) is 7.63. The molecule has 1 aromatic rings. The van der Waals surface area contributed by atoms with Gasteiger partial charge in [0.25, 0.3) is 5.56 Å². The number of carboxylic acids is 1. The van der Waals surface area contributed by atoms with E-state index >= 15 is 0 Å². The quantitative estimate of drug-likeness (QED) is 0.913. The molecule has 1 N–H and O–H groups in total. The van der Waals surface area contributed by atoms with Gasteiger partial charge in [-0.2, -0.15) is 0 Å². The highest BCUT2D eigenvalue weighted by Gasteiger charge is 2.40. The van der Waals surface area contributed by atoms with Crippen LogP contribution in [0.25, 0.3) is 0 Å². The highest BCUT2D eigenvalue weighted by atomic mass is 16.4. The van der Waals surface area contributed by atoms with E-state index in [0.717, 1.165) is 12.8 Å². The fourth-order valence-corrected chi connectivity index (χ4v) is 3.14. The van der Waals surface area contributed by atoms with Gasteiger partial charge in [0, 0.05) is 31.5 Å². The summed E-state index contributed by atoms with van der Waals surface area (Å²) in [6.07, 6.45) is 7.30. The second kappa shape index (κ2) is 5.16. The summed E-state index contributed by atoms with van der Waals surface area (Å²) < 4.78 is 1.77. The molecule has 0 aromatic carbocycles. The van der Waals surface area contributed by atoms with Gasteiger partial charge >= 0.3 is 5.97 Å². The highest BCUT2D eigenvalue weighted by Crippen LogP contribution is 2.36. The van der Waals surface area contributed by atoms with Gasteiger partial charge in [0.1, 0.15) is 0 Å². The fraction of sp³-hybridized carbons (Fsp3) is 0.667. The van der Waals surface area contributed by atoms with Crippen LogP contribution in [0.2, 0.25) is 0 Å². The Kier molecular flexibility index (Phi) is 3.47. The SMILES string of the molecule is CCC1(C(=O)O)CCN(c2nccn(C3CC3)c2=O)CC1. The zero-order chi connectivity index (χ0) is 15.0. The molecule has 0 spiro atoms. The predicted octanol–water partition coefficient (Wildman–Crippen LogP) is 1.66. The van der Waals surface area contributed by atoms with E-state index in [4.69, 9.17) is 0 Å². The summed E-state index contributed by atoms with van der Waals surface area (Å²) in [5.74, 6) is -0.249. The van der Waals surface area contributed by atoms with Crippen LogP contribution in [0.5, 0.6) is 0 Å². The van der Waals surface area contributed by atoms with Gasteiger partial charge in [-0.25, -0.2) is 4.98 Å². The van der Waals surface area contributed by atoms with E-state index in [1.165, 1.54) is 0 Å². The third kappa shape index (κ3) is 2.43. The van der Waals surface area contributed by atoms with Crippen LogP contribution >= 0.6 is 0 Å². The zero-order valence-electron chi connectivity index (χ0n) is 12.3. The summed E-state index contributed by atoms with van der Waals surface area (Å²) in [6.45, 7) is 3.08. The van der Waals surface area contributed by atoms with Crippen molar-refractivity contribution in [3.05, 3.63) is 22.7 Å². The lowest BCUT2D eigenvalue weighted by Gasteiger charge is -2.38. The van der Waals surface area contributed by atoms with Crippen molar-refractivity contribution >= 4 is 11.8 Å². The molecule has 1 aliphatic heterocycles. The minimum Gasteiger partial charge on any atom is -0.481 e. The van der Waals surface area contributed by atoms with Crippen LogP contribution in [0.1, 0.15) is 45.1 Å². The lowest BCUT2D eigenvalue weighted by Crippen LogP contribution is -2.46. The Balaban J connectivity index is 1.80. The summed E-state index contributed by atoms with van der Waals surface area (Å²) >= 11 is 0. The maximum Gasteiger partial charge on any atom is 0.309 e.